The van der Waals surface area contributed by atoms with Gasteiger partial charge in [-0.1, -0.05) is 36.9 Å². The fourth-order valence-corrected chi connectivity index (χ4v) is 0.856. The van der Waals surface area contributed by atoms with E-state index in [9.17, 15) is 14.7 Å². The second-order valence-corrected chi connectivity index (χ2v) is 2.46. The number of aliphatic carboxylic acids is 1. The summed E-state index contributed by atoms with van der Waals surface area (Å²) in [5, 5.41) is 10.3. The van der Waals surface area contributed by atoms with Crippen molar-refractivity contribution in [1.82, 2.24) is 0 Å². The van der Waals surface area contributed by atoms with Crippen molar-refractivity contribution in [1.29, 1.82) is 0 Å². The van der Waals surface area contributed by atoms with Crippen molar-refractivity contribution in [2.45, 2.75) is 0 Å². The van der Waals surface area contributed by atoms with Crippen LogP contribution in [-0.2, 0) is 4.79 Å². The maximum atomic E-state index is 11.3. The van der Waals surface area contributed by atoms with E-state index in [1.54, 1.807) is 18.2 Å². The molecule has 3 nitrogen and oxygen atoms in total. The van der Waals surface area contributed by atoms with Gasteiger partial charge in [0.15, 0.2) is 5.78 Å². The summed E-state index contributed by atoms with van der Waals surface area (Å²) in [6, 6.07) is 8.08. The minimum absolute atomic E-state index is 0. The summed E-state index contributed by atoms with van der Waals surface area (Å²) in [6.07, 6.45) is 0. The van der Waals surface area contributed by atoms with Crippen LogP contribution in [0.4, 0.5) is 0 Å². The Kier molecular flexibility index (Phi) is 4.93. The van der Waals surface area contributed by atoms with Crippen molar-refractivity contribution in [3.05, 3.63) is 48.0 Å². The number of hydrogen-bond acceptors (Lipinski definition) is 3. The van der Waals surface area contributed by atoms with E-state index in [-0.39, 0.29) is 18.9 Å². The Morgan fingerprint density at radius 2 is 1.64 bits per heavy atom. The Bertz CT molecular complexity index is 357. The van der Waals surface area contributed by atoms with Crippen LogP contribution in [0.3, 0.4) is 0 Å². The molecular formula is C10H7LiO3. The van der Waals surface area contributed by atoms with Gasteiger partial charge in [0.2, 0.25) is 0 Å². The number of ketones is 1. The van der Waals surface area contributed by atoms with Gasteiger partial charge >= 0.3 is 18.9 Å². The normalized spacial score (nSPS) is 8.57. The van der Waals surface area contributed by atoms with Crippen molar-refractivity contribution >= 4 is 11.8 Å². The summed E-state index contributed by atoms with van der Waals surface area (Å²) in [4.78, 5) is 21.5. The molecule has 0 fully saturated rings. The van der Waals surface area contributed by atoms with Crippen LogP contribution in [0.5, 0.6) is 0 Å². The number of benzene rings is 1. The summed E-state index contributed by atoms with van der Waals surface area (Å²) in [6.45, 7) is 3.12. The number of carboxylic acids is 1. The third kappa shape index (κ3) is 2.88. The molecule has 0 aliphatic heterocycles. The van der Waals surface area contributed by atoms with E-state index in [1.165, 1.54) is 12.1 Å². The quantitative estimate of drug-likeness (QED) is 0.166. The summed E-state index contributed by atoms with van der Waals surface area (Å²) in [5.41, 5.74) is -0.220. The second-order valence-electron chi connectivity index (χ2n) is 2.46. The van der Waals surface area contributed by atoms with Crippen LogP contribution >= 0.6 is 0 Å². The van der Waals surface area contributed by atoms with Gasteiger partial charge in [-0.05, 0) is 0 Å². The van der Waals surface area contributed by atoms with Crippen LogP contribution in [-0.4, -0.2) is 11.8 Å². The van der Waals surface area contributed by atoms with Gasteiger partial charge in [-0.25, -0.2) is 0 Å². The molecule has 66 valence electrons. The molecule has 4 heteroatoms. The van der Waals surface area contributed by atoms with Crippen LogP contribution in [0.15, 0.2) is 42.5 Å². The monoisotopic (exact) mass is 182 g/mol. The number of hydrogen-bond donors (Lipinski definition) is 0. The Hall–Kier alpha value is -1.30. The minimum atomic E-state index is -1.53. The van der Waals surface area contributed by atoms with Crippen molar-refractivity contribution < 1.29 is 33.6 Å². The Morgan fingerprint density at radius 3 is 2.07 bits per heavy atom. The van der Waals surface area contributed by atoms with E-state index in [0.717, 1.165) is 0 Å². The first-order valence-corrected chi connectivity index (χ1v) is 3.63. The number of Topliss-reactive ketones (excluding diaryl/α,β-unsaturated/α-hetero) is 1. The molecule has 0 heterocycles. The van der Waals surface area contributed by atoms with Gasteiger partial charge in [0.1, 0.15) is 0 Å². The van der Waals surface area contributed by atoms with Gasteiger partial charge in [0.25, 0.3) is 0 Å². The maximum absolute atomic E-state index is 11.3. The van der Waals surface area contributed by atoms with Crippen molar-refractivity contribution in [2.75, 3.05) is 0 Å². The topological polar surface area (TPSA) is 57.2 Å². The fourth-order valence-electron chi connectivity index (χ4n) is 0.856. The molecule has 0 aliphatic rings. The summed E-state index contributed by atoms with van der Waals surface area (Å²) in [5.74, 6) is -2.14. The van der Waals surface area contributed by atoms with Crippen LogP contribution < -0.4 is 24.0 Å². The average molecular weight is 182 g/mol. The van der Waals surface area contributed by atoms with Gasteiger partial charge in [0.05, 0.1) is 5.97 Å². The number of carbonyl (C=O) groups is 2. The van der Waals surface area contributed by atoms with E-state index in [2.05, 4.69) is 6.58 Å². The zero-order chi connectivity index (χ0) is 9.84. The molecule has 0 spiro atoms. The molecule has 0 bridgehead atoms. The van der Waals surface area contributed by atoms with Gasteiger partial charge in [-0.3, -0.25) is 4.79 Å². The van der Waals surface area contributed by atoms with Crippen molar-refractivity contribution in [2.24, 2.45) is 0 Å². The molecular weight excluding hydrogens is 175 g/mol. The first-order chi connectivity index (χ1) is 6.13. The van der Waals surface area contributed by atoms with E-state index >= 15 is 0 Å². The summed E-state index contributed by atoms with van der Waals surface area (Å²) in [7, 11) is 0. The number of carbonyl (C=O) groups excluding carboxylic acids is 2. The standard InChI is InChI=1S/C10H8O3.Li/c1-7(10(12)13)9(11)8-5-3-2-4-6-8;/h2-6H,1H2,(H,12,13);/q;+1/p-1. The van der Waals surface area contributed by atoms with Gasteiger partial charge < -0.3 is 9.90 Å². The van der Waals surface area contributed by atoms with Crippen LogP contribution in [0.25, 0.3) is 0 Å². The third-order valence-electron chi connectivity index (χ3n) is 1.56. The Balaban J connectivity index is 0.00000169. The molecule has 0 atom stereocenters. The molecule has 0 aliphatic carbocycles. The molecule has 1 aromatic rings. The van der Waals surface area contributed by atoms with E-state index < -0.39 is 17.3 Å². The second kappa shape index (κ2) is 5.43. The minimum Gasteiger partial charge on any atom is -0.545 e. The van der Waals surface area contributed by atoms with E-state index in [0.29, 0.717) is 5.56 Å². The maximum Gasteiger partial charge on any atom is 1.00 e. The first-order valence-electron chi connectivity index (χ1n) is 3.63. The summed E-state index contributed by atoms with van der Waals surface area (Å²) >= 11 is 0. The SMILES string of the molecule is C=C(C(=O)[O-])C(=O)c1ccccc1.[Li+]. The van der Waals surface area contributed by atoms with E-state index in [4.69, 9.17) is 0 Å². The van der Waals surface area contributed by atoms with Crippen molar-refractivity contribution in [3.63, 3.8) is 0 Å². The molecule has 1 rings (SSSR count). The van der Waals surface area contributed by atoms with Crippen LogP contribution in [0.1, 0.15) is 10.4 Å². The molecule has 0 saturated heterocycles. The smallest absolute Gasteiger partial charge is 0.545 e. The predicted octanol–water partition coefficient (Wildman–Crippen LogP) is -2.82. The average Bonchev–Trinajstić information content (AvgIpc) is 2.17. The Morgan fingerprint density at radius 1 is 1.14 bits per heavy atom. The van der Waals surface area contributed by atoms with Gasteiger partial charge in [0, 0.05) is 11.1 Å². The molecule has 0 amide bonds. The van der Waals surface area contributed by atoms with Crippen LogP contribution in [0, 0.1) is 0 Å². The van der Waals surface area contributed by atoms with E-state index in [1.807, 2.05) is 0 Å². The Labute approximate surface area is 93.6 Å². The zero-order valence-electron chi connectivity index (χ0n) is 7.82. The number of carboxylic acid groups (broad SMARTS) is 1. The first kappa shape index (κ1) is 12.7. The number of rotatable bonds is 3. The molecule has 0 saturated carbocycles. The molecule has 0 aromatic heterocycles. The molecule has 0 unspecified atom stereocenters. The molecule has 0 N–H and O–H groups in total. The molecule has 1 aromatic carbocycles. The fraction of sp³-hybridized carbons (Fsp3) is 0. The zero-order valence-corrected chi connectivity index (χ0v) is 7.82. The predicted molar refractivity (Wildman–Crippen MR) is 44.9 cm³/mol. The van der Waals surface area contributed by atoms with Gasteiger partial charge in [-0.15, -0.1) is 0 Å². The van der Waals surface area contributed by atoms with Crippen molar-refractivity contribution in [3.8, 4) is 0 Å². The largest absolute Gasteiger partial charge is 1.00 e. The molecule has 14 heavy (non-hydrogen) atoms. The third-order valence-corrected chi connectivity index (χ3v) is 1.56. The van der Waals surface area contributed by atoms with Crippen LogP contribution in [0.2, 0.25) is 0 Å². The van der Waals surface area contributed by atoms with Gasteiger partial charge in [-0.2, -0.15) is 0 Å². The summed E-state index contributed by atoms with van der Waals surface area (Å²) < 4.78 is 0. The molecule has 0 radical (unpaired) electrons.